The summed E-state index contributed by atoms with van der Waals surface area (Å²) in [4.78, 5) is 12.4. The molecule has 0 fully saturated rings. The van der Waals surface area contributed by atoms with Crippen molar-refractivity contribution in [3.63, 3.8) is 0 Å². The molecular formula is C19H23FN2O. The molecule has 3 nitrogen and oxygen atoms in total. The van der Waals surface area contributed by atoms with Gasteiger partial charge in [0.05, 0.1) is 6.04 Å². The number of amides is 1. The summed E-state index contributed by atoms with van der Waals surface area (Å²) in [5.41, 5.74) is 8.68. The Morgan fingerprint density at radius 2 is 1.87 bits per heavy atom. The summed E-state index contributed by atoms with van der Waals surface area (Å²) in [7, 11) is 0. The lowest BCUT2D eigenvalue weighted by Gasteiger charge is -2.21. The van der Waals surface area contributed by atoms with E-state index in [4.69, 9.17) is 5.73 Å². The van der Waals surface area contributed by atoms with E-state index in [0.717, 1.165) is 18.4 Å². The first-order chi connectivity index (χ1) is 11.0. The van der Waals surface area contributed by atoms with Gasteiger partial charge in [0.2, 0.25) is 5.91 Å². The van der Waals surface area contributed by atoms with Crippen molar-refractivity contribution in [2.75, 3.05) is 0 Å². The van der Waals surface area contributed by atoms with Crippen LogP contribution in [0.4, 0.5) is 4.39 Å². The molecule has 3 N–H and O–H groups in total. The largest absolute Gasteiger partial charge is 0.348 e. The highest BCUT2D eigenvalue weighted by molar-refractivity contribution is 5.83. The van der Waals surface area contributed by atoms with Gasteiger partial charge in [-0.2, -0.15) is 0 Å². The Morgan fingerprint density at radius 3 is 2.48 bits per heavy atom. The van der Waals surface area contributed by atoms with Gasteiger partial charge in [0, 0.05) is 0 Å². The predicted octanol–water partition coefficient (Wildman–Crippen LogP) is 3.79. The van der Waals surface area contributed by atoms with Crippen LogP contribution in [-0.4, -0.2) is 5.91 Å². The van der Waals surface area contributed by atoms with Gasteiger partial charge in [0.15, 0.2) is 0 Å². The third-order valence-corrected chi connectivity index (χ3v) is 3.86. The van der Waals surface area contributed by atoms with Gasteiger partial charge in [-0.25, -0.2) is 4.39 Å². The average molecular weight is 314 g/mol. The Kier molecular flexibility index (Phi) is 5.88. The zero-order valence-electron chi connectivity index (χ0n) is 13.6. The number of carbonyl (C=O) groups excluding carboxylic acids is 1. The molecule has 0 aliphatic heterocycles. The predicted molar refractivity (Wildman–Crippen MR) is 90.3 cm³/mol. The van der Waals surface area contributed by atoms with Gasteiger partial charge in [0.1, 0.15) is 11.9 Å². The number of carbonyl (C=O) groups is 1. The Hall–Kier alpha value is -2.20. The quantitative estimate of drug-likeness (QED) is 0.852. The second kappa shape index (κ2) is 7.88. The van der Waals surface area contributed by atoms with E-state index >= 15 is 0 Å². The van der Waals surface area contributed by atoms with Crippen LogP contribution >= 0.6 is 0 Å². The van der Waals surface area contributed by atoms with Gasteiger partial charge in [0.25, 0.3) is 0 Å². The number of nitrogens with one attached hydrogen (secondary N) is 1. The first kappa shape index (κ1) is 17.2. The van der Waals surface area contributed by atoms with E-state index in [1.165, 1.54) is 17.7 Å². The Bertz CT molecular complexity index is 655. The normalized spacial score (nSPS) is 13.4. The van der Waals surface area contributed by atoms with Gasteiger partial charge in [-0.05, 0) is 36.6 Å². The van der Waals surface area contributed by atoms with Crippen LogP contribution < -0.4 is 11.1 Å². The lowest BCUT2D eigenvalue weighted by Crippen LogP contribution is -2.36. The highest BCUT2D eigenvalue weighted by Crippen LogP contribution is 2.21. The van der Waals surface area contributed by atoms with Crippen molar-refractivity contribution in [1.82, 2.24) is 5.32 Å². The van der Waals surface area contributed by atoms with Crippen molar-refractivity contribution in [1.29, 1.82) is 0 Å². The molecule has 1 amide bonds. The fraction of sp³-hybridized carbons (Fsp3) is 0.316. The monoisotopic (exact) mass is 314 g/mol. The Morgan fingerprint density at radius 1 is 1.17 bits per heavy atom. The highest BCUT2D eigenvalue weighted by atomic mass is 19.1. The summed E-state index contributed by atoms with van der Waals surface area (Å²) >= 11 is 0. The van der Waals surface area contributed by atoms with Crippen LogP contribution in [0.3, 0.4) is 0 Å². The smallest absolute Gasteiger partial charge is 0.241 e. The SMILES string of the molecule is CCCC(NC(=O)C(N)c1cccc(F)c1)c1ccc(C)cc1. The fourth-order valence-corrected chi connectivity index (χ4v) is 2.52. The van der Waals surface area contributed by atoms with E-state index in [0.29, 0.717) is 5.56 Å². The summed E-state index contributed by atoms with van der Waals surface area (Å²) in [6, 6.07) is 13.0. The van der Waals surface area contributed by atoms with Crippen LogP contribution in [0, 0.1) is 12.7 Å². The van der Waals surface area contributed by atoms with Crippen molar-refractivity contribution in [3.8, 4) is 0 Å². The summed E-state index contributed by atoms with van der Waals surface area (Å²) in [6.07, 6.45) is 1.76. The topological polar surface area (TPSA) is 55.1 Å². The lowest BCUT2D eigenvalue weighted by atomic mass is 10.00. The standard InChI is InChI=1S/C19H23FN2O/c1-3-5-17(14-10-8-13(2)9-11-14)22-19(23)18(21)15-6-4-7-16(20)12-15/h4,6-12,17-18H,3,5,21H2,1-2H3,(H,22,23). The maximum Gasteiger partial charge on any atom is 0.241 e. The molecule has 0 aromatic heterocycles. The molecule has 2 rings (SSSR count). The molecule has 0 saturated carbocycles. The molecule has 0 spiro atoms. The molecule has 4 heteroatoms. The van der Waals surface area contributed by atoms with Crippen LogP contribution in [0.5, 0.6) is 0 Å². The van der Waals surface area contributed by atoms with Crippen molar-refractivity contribution in [2.45, 2.75) is 38.8 Å². The van der Waals surface area contributed by atoms with Crippen LogP contribution in [0.1, 0.15) is 48.5 Å². The minimum atomic E-state index is -0.879. The number of benzene rings is 2. The number of hydrogen-bond donors (Lipinski definition) is 2. The minimum absolute atomic E-state index is 0.0901. The van der Waals surface area contributed by atoms with Crippen molar-refractivity contribution >= 4 is 5.91 Å². The molecule has 122 valence electrons. The molecule has 0 aliphatic carbocycles. The van der Waals surface area contributed by atoms with Gasteiger partial charge in [-0.15, -0.1) is 0 Å². The minimum Gasteiger partial charge on any atom is -0.348 e. The van der Waals surface area contributed by atoms with Gasteiger partial charge in [-0.3, -0.25) is 4.79 Å². The van der Waals surface area contributed by atoms with Crippen LogP contribution in [0.2, 0.25) is 0 Å². The molecule has 23 heavy (non-hydrogen) atoms. The molecule has 0 aliphatic rings. The molecule has 0 heterocycles. The summed E-state index contributed by atoms with van der Waals surface area (Å²) in [5, 5.41) is 2.99. The van der Waals surface area contributed by atoms with E-state index in [-0.39, 0.29) is 11.9 Å². The molecule has 2 atom stereocenters. The molecule has 0 bridgehead atoms. The summed E-state index contributed by atoms with van der Waals surface area (Å²) < 4.78 is 13.3. The van der Waals surface area contributed by atoms with E-state index in [1.54, 1.807) is 12.1 Å². The van der Waals surface area contributed by atoms with Crippen LogP contribution in [0.15, 0.2) is 48.5 Å². The van der Waals surface area contributed by atoms with E-state index in [2.05, 4.69) is 12.2 Å². The third kappa shape index (κ3) is 4.63. The second-order valence-electron chi connectivity index (χ2n) is 5.79. The fourth-order valence-electron chi connectivity index (χ4n) is 2.52. The Labute approximate surface area is 136 Å². The number of hydrogen-bond acceptors (Lipinski definition) is 2. The highest BCUT2D eigenvalue weighted by Gasteiger charge is 2.20. The third-order valence-electron chi connectivity index (χ3n) is 3.86. The molecule has 2 aromatic carbocycles. The number of nitrogens with two attached hydrogens (primary N) is 1. The molecule has 2 aromatic rings. The lowest BCUT2D eigenvalue weighted by molar-refractivity contribution is -0.123. The zero-order valence-corrected chi connectivity index (χ0v) is 13.6. The molecule has 0 radical (unpaired) electrons. The maximum atomic E-state index is 13.3. The van der Waals surface area contributed by atoms with Crippen LogP contribution in [0.25, 0.3) is 0 Å². The molecular weight excluding hydrogens is 291 g/mol. The first-order valence-electron chi connectivity index (χ1n) is 7.89. The number of rotatable bonds is 6. The summed E-state index contributed by atoms with van der Waals surface area (Å²) in [6.45, 7) is 4.09. The van der Waals surface area contributed by atoms with Crippen LogP contribution in [-0.2, 0) is 4.79 Å². The first-order valence-corrected chi connectivity index (χ1v) is 7.89. The van der Waals surface area contributed by atoms with Gasteiger partial charge >= 0.3 is 0 Å². The van der Waals surface area contributed by atoms with Gasteiger partial charge in [-0.1, -0.05) is 55.3 Å². The number of halogens is 1. The average Bonchev–Trinajstić information content (AvgIpc) is 2.54. The van der Waals surface area contributed by atoms with Crippen molar-refractivity contribution in [3.05, 3.63) is 71.0 Å². The van der Waals surface area contributed by atoms with Gasteiger partial charge < -0.3 is 11.1 Å². The molecule has 2 unspecified atom stereocenters. The number of aryl methyl sites for hydroxylation is 1. The van der Waals surface area contributed by atoms with Crippen molar-refractivity contribution < 1.29 is 9.18 Å². The Balaban J connectivity index is 2.12. The second-order valence-corrected chi connectivity index (χ2v) is 5.79. The van der Waals surface area contributed by atoms with Crippen molar-refractivity contribution in [2.24, 2.45) is 5.73 Å². The summed E-state index contributed by atoms with van der Waals surface area (Å²) in [5.74, 6) is -0.691. The van der Waals surface area contributed by atoms with E-state index in [1.807, 2.05) is 31.2 Å². The molecule has 0 saturated heterocycles. The van der Waals surface area contributed by atoms with E-state index < -0.39 is 11.9 Å². The maximum absolute atomic E-state index is 13.3. The van der Waals surface area contributed by atoms with E-state index in [9.17, 15) is 9.18 Å². The zero-order chi connectivity index (χ0) is 16.8.